The summed E-state index contributed by atoms with van der Waals surface area (Å²) in [6, 6.07) is 1.00. The van der Waals surface area contributed by atoms with Crippen molar-refractivity contribution >= 4 is 6.09 Å². The Hall–Kier alpha value is -0.770. The van der Waals surface area contributed by atoms with E-state index in [1.54, 1.807) is 0 Å². The predicted octanol–water partition coefficient (Wildman–Crippen LogP) is 3.80. The van der Waals surface area contributed by atoms with E-state index in [0.717, 1.165) is 37.8 Å². The molecule has 0 saturated heterocycles. The molecule has 0 aliphatic heterocycles. The van der Waals surface area contributed by atoms with Gasteiger partial charge < -0.3 is 15.0 Å². The first-order chi connectivity index (χ1) is 10.3. The largest absolute Gasteiger partial charge is 0.444 e. The van der Waals surface area contributed by atoms with Crippen LogP contribution >= 0.6 is 0 Å². The van der Waals surface area contributed by atoms with E-state index < -0.39 is 5.60 Å². The van der Waals surface area contributed by atoms with Gasteiger partial charge in [-0.1, -0.05) is 20.3 Å². The summed E-state index contributed by atoms with van der Waals surface area (Å²) < 4.78 is 5.54. The molecule has 4 nitrogen and oxygen atoms in total. The maximum atomic E-state index is 12.3. The molecule has 128 valence electrons. The Morgan fingerprint density at radius 2 is 1.86 bits per heavy atom. The molecule has 1 N–H and O–H groups in total. The van der Waals surface area contributed by atoms with Gasteiger partial charge in [-0.25, -0.2) is 4.79 Å². The van der Waals surface area contributed by atoms with Crippen LogP contribution in [0, 0.1) is 11.8 Å². The first-order valence-corrected chi connectivity index (χ1v) is 8.99. The molecule has 4 heteroatoms. The van der Waals surface area contributed by atoms with Crippen molar-refractivity contribution in [3.8, 4) is 0 Å². The monoisotopic (exact) mass is 310 g/mol. The number of ether oxygens (including phenoxy) is 1. The van der Waals surface area contributed by atoms with E-state index in [1.165, 1.54) is 19.3 Å². The summed E-state index contributed by atoms with van der Waals surface area (Å²) in [5.74, 6) is 1.56. The quantitative estimate of drug-likeness (QED) is 0.840. The van der Waals surface area contributed by atoms with Gasteiger partial charge in [-0.2, -0.15) is 0 Å². The van der Waals surface area contributed by atoms with E-state index in [0.29, 0.717) is 12.1 Å². The second-order valence-corrected chi connectivity index (χ2v) is 8.36. The van der Waals surface area contributed by atoms with Gasteiger partial charge in [0.05, 0.1) is 0 Å². The summed E-state index contributed by atoms with van der Waals surface area (Å²) in [4.78, 5) is 14.2. The molecule has 0 aromatic rings. The molecule has 0 spiro atoms. The fraction of sp³-hybridized carbons (Fsp3) is 0.944. The summed E-state index contributed by atoms with van der Waals surface area (Å²) in [5.41, 5.74) is -0.412. The molecule has 2 fully saturated rings. The first kappa shape index (κ1) is 17.6. The van der Waals surface area contributed by atoms with Gasteiger partial charge in [-0.15, -0.1) is 0 Å². The normalized spacial score (nSPS) is 29.2. The lowest BCUT2D eigenvalue weighted by molar-refractivity contribution is 0.0232. The highest BCUT2D eigenvalue weighted by Gasteiger charge is 2.35. The van der Waals surface area contributed by atoms with Crippen LogP contribution in [0.25, 0.3) is 0 Å². The van der Waals surface area contributed by atoms with Crippen LogP contribution in [0.2, 0.25) is 0 Å². The van der Waals surface area contributed by atoms with E-state index in [2.05, 4.69) is 19.2 Å². The third kappa shape index (κ3) is 5.45. The number of carbonyl (C=O) groups is 1. The summed E-state index contributed by atoms with van der Waals surface area (Å²) in [5, 5.41) is 3.68. The molecule has 3 atom stereocenters. The number of nitrogens with one attached hydrogen (secondary N) is 1. The minimum atomic E-state index is -0.412. The third-order valence-electron chi connectivity index (χ3n) is 4.83. The highest BCUT2D eigenvalue weighted by Crippen LogP contribution is 2.29. The average Bonchev–Trinajstić information content (AvgIpc) is 3.20. The standard InChI is InChI=1S/C18H34N2O2/c1-13-6-7-14(2)16(12-13)19-10-11-20(15-8-9-15)17(21)22-18(3,4)5/h13-16,19H,6-12H2,1-5H3. The number of nitrogens with zero attached hydrogens (tertiary/aromatic N) is 1. The molecular weight excluding hydrogens is 276 g/mol. The molecule has 0 radical (unpaired) electrons. The number of amides is 1. The lowest BCUT2D eigenvalue weighted by Gasteiger charge is -2.34. The molecular formula is C18H34N2O2. The molecule has 2 rings (SSSR count). The smallest absolute Gasteiger partial charge is 0.410 e. The maximum absolute atomic E-state index is 12.3. The van der Waals surface area contributed by atoms with Crippen molar-refractivity contribution in [2.45, 2.75) is 84.4 Å². The fourth-order valence-corrected chi connectivity index (χ4v) is 3.32. The zero-order valence-electron chi connectivity index (χ0n) is 15.0. The van der Waals surface area contributed by atoms with E-state index in [9.17, 15) is 4.79 Å². The maximum Gasteiger partial charge on any atom is 0.410 e. The van der Waals surface area contributed by atoms with E-state index in [1.807, 2.05) is 25.7 Å². The van der Waals surface area contributed by atoms with Gasteiger partial charge in [0.2, 0.25) is 0 Å². The summed E-state index contributed by atoms with van der Waals surface area (Å²) in [6.45, 7) is 12.1. The molecule has 0 aromatic heterocycles. The number of carbonyl (C=O) groups excluding carboxylic acids is 1. The third-order valence-corrected chi connectivity index (χ3v) is 4.83. The average molecular weight is 310 g/mol. The van der Waals surface area contributed by atoms with Crippen LogP contribution in [-0.4, -0.2) is 41.8 Å². The van der Waals surface area contributed by atoms with Crippen LogP contribution in [0.15, 0.2) is 0 Å². The van der Waals surface area contributed by atoms with Crippen LogP contribution in [-0.2, 0) is 4.74 Å². The zero-order valence-corrected chi connectivity index (χ0v) is 15.0. The molecule has 22 heavy (non-hydrogen) atoms. The van der Waals surface area contributed by atoms with Crippen molar-refractivity contribution in [3.05, 3.63) is 0 Å². The van der Waals surface area contributed by atoms with Crippen molar-refractivity contribution in [1.29, 1.82) is 0 Å². The van der Waals surface area contributed by atoms with E-state index >= 15 is 0 Å². The molecule has 2 saturated carbocycles. The van der Waals surface area contributed by atoms with Crippen LogP contribution < -0.4 is 5.32 Å². The molecule has 2 aliphatic carbocycles. The van der Waals surface area contributed by atoms with Crippen LogP contribution in [0.5, 0.6) is 0 Å². The second-order valence-electron chi connectivity index (χ2n) is 8.36. The fourth-order valence-electron chi connectivity index (χ4n) is 3.32. The van der Waals surface area contributed by atoms with Gasteiger partial charge in [0.1, 0.15) is 5.60 Å². The lowest BCUT2D eigenvalue weighted by Crippen LogP contribution is -2.46. The highest BCUT2D eigenvalue weighted by atomic mass is 16.6. The molecule has 0 bridgehead atoms. The number of hydrogen-bond acceptors (Lipinski definition) is 3. The zero-order chi connectivity index (χ0) is 16.3. The summed E-state index contributed by atoms with van der Waals surface area (Å²) >= 11 is 0. The van der Waals surface area contributed by atoms with Gasteiger partial charge in [0, 0.05) is 25.2 Å². The van der Waals surface area contributed by atoms with Gasteiger partial charge in [0.15, 0.2) is 0 Å². The van der Waals surface area contributed by atoms with Gasteiger partial charge >= 0.3 is 6.09 Å². The van der Waals surface area contributed by atoms with E-state index in [4.69, 9.17) is 4.74 Å². The van der Waals surface area contributed by atoms with Crippen molar-refractivity contribution in [3.63, 3.8) is 0 Å². The molecule has 2 aliphatic rings. The Morgan fingerprint density at radius 3 is 2.45 bits per heavy atom. The Morgan fingerprint density at radius 1 is 1.18 bits per heavy atom. The Bertz CT molecular complexity index is 374. The van der Waals surface area contributed by atoms with Crippen LogP contribution in [0.4, 0.5) is 4.79 Å². The molecule has 0 heterocycles. The minimum Gasteiger partial charge on any atom is -0.444 e. The summed E-state index contributed by atoms with van der Waals surface area (Å²) in [7, 11) is 0. The topological polar surface area (TPSA) is 41.6 Å². The Labute approximate surface area is 136 Å². The molecule has 0 aromatic carbocycles. The van der Waals surface area contributed by atoms with Gasteiger partial charge in [0.25, 0.3) is 0 Å². The molecule has 3 unspecified atom stereocenters. The highest BCUT2D eigenvalue weighted by molar-refractivity contribution is 5.69. The van der Waals surface area contributed by atoms with Crippen molar-refractivity contribution in [2.75, 3.05) is 13.1 Å². The number of hydrogen-bond donors (Lipinski definition) is 1. The Balaban J connectivity index is 1.78. The lowest BCUT2D eigenvalue weighted by atomic mass is 9.80. The molecule has 1 amide bonds. The van der Waals surface area contributed by atoms with Crippen LogP contribution in [0.1, 0.15) is 66.7 Å². The summed E-state index contributed by atoms with van der Waals surface area (Å²) in [6.07, 6.45) is 6.02. The predicted molar refractivity (Wildman–Crippen MR) is 89.9 cm³/mol. The minimum absolute atomic E-state index is 0.151. The van der Waals surface area contributed by atoms with E-state index in [-0.39, 0.29) is 6.09 Å². The van der Waals surface area contributed by atoms with Crippen molar-refractivity contribution in [2.24, 2.45) is 11.8 Å². The van der Waals surface area contributed by atoms with Crippen molar-refractivity contribution in [1.82, 2.24) is 10.2 Å². The SMILES string of the molecule is CC1CCC(C)C(NCCN(C(=O)OC(C)(C)C)C2CC2)C1. The second kappa shape index (κ2) is 7.20. The van der Waals surface area contributed by atoms with Crippen molar-refractivity contribution < 1.29 is 9.53 Å². The van der Waals surface area contributed by atoms with Gasteiger partial charge in [-0.3, -0.25) is 0 Å². The Kier molecular flexibility index (Phi) is 5.76. The number of rotatable bonds is 5. The van der Waals surface area contributed by atoms with Crippen LogP contribution in [0.3, 0.4) is 0 Å². The van der Waals surface area contributed by atoms with Gasteiger partial charge in [-0.05, 0) is 58.3 Å². The first-order valence-electron chi connectivity index (χ1n) is 8.99.